The van der Waals surface area contributed by atoms with Crippen molar-refractivity contribution < 1.29 is 4.74 Å². The minimum Gasteiger partial charge on any atom is -0.378 e. The Morgan fingerprint density at radius 2 is 2.40 bits per heavy atom. The maximum atomic E-state index is 5.70. The summed E-state index contributed by atoms with van der Waals surface area (Å²) in [4.78, 5) is 0. The molecular weight excluding hydrogens is 188 g/mol. The first-order valence-corrected chi connectivity index (χ1v) is 6.39. The van der Waals surface area contributed by atoms with Crippen LogP contribution in [0.5, 0.6) is 0 Å². The van der Waals surface area contributed by atoms with Crippen molar-refractivity contribution in [3.8, 4) is 0 Å². The summed E-state index contributed by atoms with van der Waals surface area (Å²) in [6.07, 6.45) is 6.63. The van der Waals surface area contributed by atoms with E-state index in [4.69, 9.17) is 10.5 Å². The molecule has 3 N–H and O–H groups in total. The zero-order chi connectivity index (χ0) is 10.9. The lowest BCUT2D eigenvalue weighted by molar-refractivity contribution is 0.104. The fourth-order valence-electron chi connectivity index (χ4n) is 2.15. The van der Waals surface area contributed by atoms with Gasteiger partial charge in [0.15, 0.2) is 0 Å². The highest BCUT2D eigenvalue weighted by molar-refractivity contribution is 4.68. The van der Waals surface area contributed by atoms with Crippen molar-refractivity contribution in [2.75, 3.05) is 26.2 Å². The van der Waals surface area contributed by atoms with Crippen LogP contribution in [-0.4, -0.2) is 32.3 Å². The van der Waals surface area contributed by atoms with Crippen LogP contribution in [0.3, 0.4) is 0 Å². The molecule has 2 unspecified atom stereocenters. The van der Waals surface area contributed by atoms with Crippen LogP contribution in [0, 0.1) is 5.92 Å². The van der Waals surface area contributed by atoms with Crippen LogP contribution in [-0.2, 0) is 4.74 Å². The molecule has 0 radical (unpaired) electrons. The topological polar surface area (TPSA) is 47.3 Å². The molecule has 0 bridgehead atoms. The summed E-state index contributed by atoms with van der Waals surface area (Å²) < 4.78 is 5.57. The number of ether oxygens (including phenoxy) is 1. The van der Waals surface area contributed by atoms with Crippen molar-refractivity contribution in [3.05, 3.63) is 0 Å². The highest BCUT2D eigenvalue weighted by atomic mass is 16.5. The van der Waals surface area contributed by atoms with Crippen molar-refractivity contribution in [1.82, 2.24) is 5.32 Å². The fourth-order valence-corrected chi connectivity index (χ4v) is 2.15. The highest BCUT2D eigenvalue weighted by Crippen LogP contribution is 2.14. The highest BCUT2D eigenvalue weighted by Gasteiger charge is 2.14. The predicted molar refractivity (Wildman–Crippen MR) is 63.9 cm³/mol. The van der Waals surface area contributed by atoms with Gasteiger partial charge in [-0.05, 0) is 51.2 Å². The molecule has 0 amide bonds. The van der Waals surface area contributed by atoms with Gasteiger partial charge in [-0.2, -0.15) is 0 Å². The van der Waals surface area contributed by atoms with Gasteiger partial charge in [-0.15, -0.1) is 0 Å². The van der Waals surface area contributed by atoms with Crippen molar-refractivity contribution in [2.45, 2.75) is 45.1 Å². The van der Waals surface area contributed by atoms with E-state index in [1.165, 1.54) is 25.7 Å². The zero-order valence-corrected chi connectivity index (χ0v) is 10.0. The molecule has 1 heterocycles. The van der Waals surface area contributed by atoms with E-state index in [1.54, 1.807) is 0 Å². The molecule has 0 aliphatic carbocycles. The van der Waals surface area contributed by atoms with Gasteiger partial charge in [0.05, 0.1) is 6.10 Å². The summed E-state index contributed by atoms with van der Waals surface area (Å²) in [5, 5.41) is 3.49. The van der Waals surface area contributed by atoms with Crippen molar-refractivity contribution in [1.29, 1.82) is 0 Å². The van der Waals surface area contributed by atoms with E-state index in [-0.39, 0.29) is 0 Å². The Labute approximate surface area is 93.8 Å². The molecule has 0 saturated carbocycles. The van der Waals surface area contributed by atoms with Crippen LogP contribution < -0.4 is 11.1 Å². The molecule has 3 heteroatoms. The Bertz CT molecular complexity index is 147. The minimum atomic E-state index is 0.514. The van der Waals surface area contributed by atoms with E-state index in [0.29, 0.717) is 12.0 Å². The lowest BCUT2D eigenvalue weighted by Gasteiger charge is -2.15. The van der Waals surface area contributed by atoms with Gasteiger partial charge in [0, 0.05) is 6.61 Å². The SMILES string of the molecule is CCCC(CN)CNCCC1CCCO1. The molecule has 0 aromatic heterocycles. The van der Waals surface area contributed by atoms with Gasteiger partial charge in [-0.1, -0.05) is 13.3 Å². The van der Waals surface area contributed by atoms with E-state index in [9.17, 15) is 0 Å². The van der Waals surface area contributed by atoms with Crippen molar-refractivity contribution in [3.63, 3.8) is 0 Å². The second-order valence-electron chi connectivity index (χ2n) is 4.52. The van der Waals surface area contributed by atoms with Crippen molar-refractivity contribution in [2.24, 2.45) is 11.7 Å². The minimum absolute atomic E-state index is 0.514. The predicted octanol–water partition coefficient (Wildman–Crippen LogP) is 1.52. The van der Waals surface area contributed by atoms with Gasteiger partial charge in [0.1, 0.15) is 0 Å². The standard InChI is InChI=1S/C12H26N2O/c1-2-4-11(9-13)10-14-7-6-12-5-3-8-15-12/h11-12,14H,2-10,13H2,1H3. The summed E-state index contributed by atoms with van der Waals surface area (Å²) in [5.74, 6) is 0.652. The van der Waals surface area contributed by atoms with E-state index in [0.717, 1.165) is 32.7 Å². The first-order chi connectivity index (χ1) is 7.36. The largest absolute Gasteiger partial charge is 0.378 e. The van der Waals surface area contributed by atoms with E-state index >= 15 is 0 Å². The van der Waals surface area contributed by atoms with Gasteiger partial charge in [0.25, 0.3) is 0 Å². The summed E-state index contributed by atoms with van der Waals surface area (Å²) >= 11 is 0. The van der Waals surface area contributed by atoms with Crippen LogP contribution in [0.2, 0.25) is 0 Å². The maximum absolute atomic E-state index is 5.70. The third-order valence-electron chi connectivity index (χ3n) is 3.13. The smallest absolute Gasteiger partial charge is 0.0588 e. The van der Waals surface area contributed by atoms with E-state index in [1.807, 2.05) is 0 Å². The number of nitrogens with two attached hydrogens (primary N) is 1. The van der Waals surface area contributed by atoms with E-state index < -0.39 is 0 Å². The number of nitrogens with one attached hydrogen (secondary N) is 1. The summed E-state index contributed by atoms with van der Waals surface area (Å²) in [6, 6.07) is 0. The first kappa shape index (κ1) is 12.9. The molecule has 1 saturated heterocycles. The summed E-state index contributed by atoms with van der Waals surface area (Å²) in [6.45, 7) is 6.13. The number of hydrogen-bond acceptors (Lipinski definition) is 3. The number of hydrogen-bond donors (Lipinski definition) is 2. The Hall–Kier alpha value is -0.120. The van der Waals surface area contributed by atoms with Gasteiger partial charge in [0.2, 0.25) is 0 Å². The fraction of sp³-hybridized carbons (Fsp3) is 1.00. The van der Waals surface area contributed by atoms with Crippen LogP contribution >= 0.6 is 0 Å². The molecular formula is C12H26N2O. The molecule has 0 aromatic carbocycles. The van der Waals surface area contributed by atoms with Crippen LogP contribution in [0.4, 0.5) is 0 Å². The average Bonchev–Trinajstić information content (AvgIpc) is 2.75. The van der Waals surface area contributed by atoms with Crippen molar-refractivity contribution >= 4 is 0 Å². The van der Waals surface area contributed by atoms with Gasteiger partial charge in [-0.25, -0.2) is 0 Å². The lowest BCUT2D eigenvalue weighted by atomic mass is 10.0. The molecule has 1 fully saturated rings. The van der Waals surface area contributed by atoms with Crippen LogP contribution in [0.1, 0.15) is 39.0 Å². The third kappa shape index (κ3) is 5.50. The van der Waals surface area contributed by atoms with Gasteiger partial charge in [-0.3, -0.25) is 0 Å². The third-order valence-corrected chi connectivity index (χ3v) is 3.13. The molecule has 90 valence electrons. The molecule has 0 spiro atoms. The Kier molecular flexibility index (Phi) is 6.98. The zero-order valence-electron chi connectivity index (χ0n) is 10.0. The quantitative estimate of drug-likeness (QED) is 0.602. The second-order valence-corrected chi connectivity index (χ2v) is 4.52. The Morgan fingerprint density at radius 1 is 1.53 bits per heavy atom. The summed E-state index contributed by atoms with van der Waals surface area (Å²) in [5.41, 5.74) is 5.70. The molecule has 1 rings (SSSR count). The monoisotopic (exact) mass is 214 g/mol. The molecule has 1 aliphatic rings. The van der Waals surface area contributed by atoms with Crippen LogP contribution in [0.15, 0.2) is 0 Å². The molecule has 3 nitrogen and oxygen atoms in total. The lowest BCUT2D eigenvalue weighted by Crippen LogP contribution is -2.30. The average molecular weight is 214 g/mol. The summed E-state index contributed by atoms with van der Waals surface area (Å²) in [7, 11) is 0. The normalized spacial score (nSPS) is 23.2. The van der Waals surface area contributed by atoms with Gasteiger partial charge < -0.3 is 15.8 Å². The molecule has 0 aromatic rings. The molecule has 1 aliphatic heterocycles. The number of rotatable bonds is 8. The maximum Gasteiger partial charge on any atom is 0.0588 e. The van der Waals surface area contributed by atoms with E-state index in [2.05, 4.69) is 12.2 Å². The van der Waals surface area contributed by atoms with Gasteiger partial charge >= 0.3 is 0 Å². The Morgan fingerprint density at radius 3 is 3.00 bits per heavy atom. The Balaban J connectivity index is 1.94. The first-order valence-electron chi connectivity index (χ1n) is 6.39. The molecule has 2 atom stereocenters. The second kappa shape index (κ2) is 8.08. The molecule has 15 heavy (non-hydrogen) atoms. The van der Waals surface area contributed by atoms with Crippen LogP contribution in [0.25, 0.3) is 0 Å².